The van der Waals surface area contributed by atoms with Crippen LogP contribution in [0.15, 0.2) is 41.9 Å². The first kappa shape index (κ1) is 26.0. The summed E-state index contributed by atoms with van der Waals surface area (Å²) in [6.07, 6.45) is -2.73. The largest absolute Gasteiger partial charge is 0.420 e. The number of ether oxygens (including phenoxy) is 1. The average Bonchev–Trinajstić information content (AvgIpc) is 3.67. The molecule has 5 heterocycles. The van der Waals surface area contributed by atoms with Gasteiger partial charge < -0.3 is 14.5 Å². The Kier molecular flexibility index (Phi) is 6.72. The number of carbonyl (C=O) groups excluding carboxylic acids is 1. The second-order valence-electron chi connectivity index (χ2n) is 9.49. The number of thiazole rings is 1. The van der Waals surface area contributed by atoms with Gasteiger partial charge in [0.2, 0.25) is 0 Å². The number of amides is 1. The van der Waals surface area contributed by atoms with Crippen LogP contribution in [0, 0.1) is 5.82 Å². The number of halogens is 5. The number of carbonyl (C=O) groups is 1. The molecule has 13 heteroatoms. The van der Waals surface area contributed by atoms with Crippen LogP contribution in [0.25, 0.3) is 16.9 Å². The molecule has 2 aliphatic rings. The van der Waals surface area contributed by atoms with Gasteiger partial charge in [0, 0.05) is 49.2 Å². The predicted molar refractivity (Wildman–Crippen MR) is 139 cm³/mol. The highest BCUT2D eigenvalue weighted by atomic mass is 35.5. The lowest BCUT2D eigenvalue weighted by atomic mass is 9.98. The van der Waals surface area contributed by atoms with Gasteiger partial charge in [-0.25, -0.2) is 14.4 Å². The molecule has 4 aromatic rings. The number of fused-ring (bicyclic) bond motifs is 1. The first-order chi connectivity index (χ1) is 18.7. The zero-order chi connectivity index (χ0) is 27.3. The Labute approximate surface area is 229 Å². The number of nitrogens with zero attached hydrogens (tertiary/aromatic N) is 5. The minimum absolute atomic E-state index is 0.0943. The molecule has 2 aliphatic heterocycles. The van der Waals surface area contributed by atoms with Gasteiger partial charge in [0.1, 0.15) is 11.0 Å². The van der Waals surface area contributed by atoms with Gasteiger partial charge in [-0.3, -0.25) is 9.20 Å². The number of rotatable bonds is 4. The van der Waals surface area contributed by atoms with Crippen LogP contribution in [-0.2, 0) is 10.9 Å². The SMILES string of the molecule is O=C(c1nc2c(C(F)(F)F)cc(-c3csc(N4CCOCC4)n3)cn2c1Cl)N1CCC(c2cccc(F)c2)C1. The zero-order valence-corrected chi connectivity index (χ0v) is 22.0. The fourth-order valence-electron chi connectivity index (χ4n) is 5.03. The highest BCUT2D eigenvalue weighted by Crippen LogP contribution is 2.38. The summed E-state index contributed by atoms with van der Waals surface area (Å²) < 4.78 is 62.6. The number of alkyl halides is 3. The molecule has 6 rings (SSSR count). The van der Waals surface area contributed by atoms with Crippen molar-refractivity contribution in [1.29, 1.82) is 0 Å². The van der Waals surface area contributed by atoms with Crippen molar-refractivity contribution in [3.63, 3.8) is 0 Å². The van der Waals surface area contributed by atoms with E-state index in [9.17, 15) is 22.4 Å². The van der Waals surface area contributed by atoms with E-state index >= 15 is 0 Å². The maximum atomic E-state index is 14.2. The van der Waals surface area contributed by atoms with Crippen molar-refractivity contribution < 1.29 is 27.1 Å². The Balaban J connectivity index is 1.34. The molecule has 2 fully saturated rings. The van der Waals surface area contributed by atoms with Crippen LogP contribution in [-0.4, -0.2) is 64.6 Å². The number of benzene rings is 1. The normalized spacial score (nSPS) is 18.3. The van der Waals surface area contributed by atoms with E-state index in [1.165, 1.54) is 34.6 Å². The summed E-state index contributed by atoms with van der Waals surface area (Å²) in [5.74, 6) is -1.03. The molecule has 204 valence electrons. The Morgan fingerprint density at radius 3 is 2.67 bits per heavy atom. The van der Waals surface area contributed by atoms with Crippen molar-refractivity contribution >= 4 is 39.6 Å². The van der Waals surface area contributed by atoms with Gasteiger partial charge in [0.15, 0.2) is 16.5 Å². The number of anilines is 1. The van der Waals surface area contributed by atoms with Crippen molar-refractivity contribution in [2.24, 2.45) is 0 Å². The standard InChI is InChI=1S/C26H22ClF4N5O2S/c27-22-21(24(37)35-5-4-16(12-35)15-2-1-3-18(28)10-15)33-23-19(26(29,30)31)11-17(13-36(22)23)20-14-39-25(32-20)34-6-8-38-9-7-34/h1-3,10-11,13-14,16H,4-9,12H2. The fraction of sp³-hybridized carbons (Fsp3) is 0.346. The molecule has 3 aromatic heterocycles. The number of hydrogen-bond donors (Lipinski definition) is 0. The minimum Gasteiger partial charge on any atom is -0.378 e. The summed E-state index contributed by atoms with van der Waals surface area (Å²) in [6.45, 7) is 3.04. The Morgan fingerprint density at radius 2 is 1.92 bits per heavy atom. The van der Waals surface area contributed by atoms with Crippen LogP contribution in [0.5, 0.6) is 0 Å². The van der Waals surface area contributed by atoms with Crippen molar-refractivity contribution in [2.75, 3.05) is 44.3 Å². The van der Waals surface area contributed by atoms with E-state index in [4.69, 9.17) is 16.3 Å². The van der Waals surface area contributed by atoms with Crippen molar-refractivity contribution in [3.8, 4) is 11.3 Å². The van der Waals surface area contributed by atoms with E-state index in [2.05, 4.69) is 9.97 Å². The molecule has 39 heavy (non-hydrogen) atoms. The smallest absolute Gasteiger partial charge is 0.378 e. The summed E-state index contributed by atoms with van der Waals surface area (Å²) in [5, 5.41) is 2.18. The molecule has 0 spiro atoms. The molecule has 1 amide bonds. The van der Waals surface area contributed by atoms with E-state index in [0.717, 1.165) is 16.0 Å². The van der Waals surface area contributed by atoms with Crippen LogP contribution < -0.4 is 4.90 Å². The number of likely N-dealkylation sites (tertiary alicyclic amines) is 1. The lowest BCUT2D eigenvalue weighted by Crippen LogP contribution is -2.36. The molecule has 1 atom stereocenters. The third-order valence-electron chi connectivity index (χ3n) is 7.03. The molecule has 0 N–H and O–H groups in total. The van der Waals surface area contributed by atoms with Gasteiger partial charge in [0.25, 0.3) is 5.91 Å². The molecule has 0 aliphatic carbocycles. The number of aromatic nitrogens is 3. The Morgan fingerprint density at radius 1 is 1.13 bits per heavy atom. The maximum absolute atomic E-state index is 14.2. The average molecular weight is 580 g/mol. The lowest BCUT2D eigenvalue weighted by Gasteiger charge is -2.26. The van der Waals surface area contributed by atoms with E-state index in [1.807, 2.05) is 4.90 Å². The first-order valence-corrected chi connectivity index (χ1v) is 13.6. The van der Waals surface area contributed by atoms with E-state index in [-0.39, 0.29) is 34.7 Å². The Bertz CT molecular complexity index is 1550. The molecular formula is C26H22ClF4N5O2S. The van der Waals surface area contributed by atoms with Crippen LogP contribution in [0.2, 0.25) is 5.15 Å². The monoisotopic (exact) mass is 579 g/mol. The third kappa shape index (κ3) is 4.96. The van der Waals surface area contributed by atoms with Crippen molar-refractivity contribution in [3.05, 3.63) is 69.7 Å². The molecule has 2 saturated heterocycles. The number of imidazole rings is 1. The molecule has 1 aromatic carbocycles. The van der Waals surface area contributed by atoms with Gasteiger partial charge in [-0.15, -0.1) is 11.3 Å². The molecule has 1 unspecified atom stereocenters. The van der Waals surface area contributed by atoms with Gasteiger partial charge in [-0.1, -0.05) is 23.7 Å². The lowest BCUT2D eigenvalue weighted by molar-refractivity contribution is -0.136. The number of hydrogen-bond acceptors (Lipinski definition) is 6. The van der Waals surface area contributed by atoms with Gasteiger partial charge >= 0.3 is 6.18 Å². The summed E-state index contributed by atoms with van der Waals surface area (Å²) >= 11 is 7.84. The molecule has 0 radical (unpaired) electrons. The minimum atomic E-state index is -4.74. The number of morpholine rings is 1. The van der Waals surface area contributed by atoms with Crippen LogP contribution in [0.3, 0.4) is 0 Å². The van der Waals surface area contributed by atoms with Crippen LogP contribution in [0.4, 0.5) is 22.7 Å². The van der Waals surface area contributed by atoms with Crippen molar-refractivity contribution in [1.82, 2.24) is 19.3 Å². The molecular weight excluding hydrogens is 558 g/mol. The quantitative estimate of drug-likeness (QED) is 0.289. The highest BCUT2D eigenvalue weighted by molar-refractivity contribution is 7.14. The highest BCUT2D eigenvalue weighted by Gasteiger charge is 2.37. The first-order valence-electron chi connectivity index (χ1n) is 12.3. The molecule has 0 saturated carbocycles. The molecule has 7 nitrogen and oxygen atoms in total. The van der Waals surface area contributed by atoms with E-state index in [0.29, 0.717) is 50.1 Å². The summed E-state index contributed by atoms with van der Waals surface area (Å²) in [5.41, 5.74) is -0.396. The van der Waals surface area contributed by atoms with Gasteiger partial charge in [-0.05, 0) is 30.2 Å². The topological polar surface area (TPSA) is 63.0 Å². The van der Waals surface area contributed by atoms with Crippen LogP contribution >= 0.6 is 22.9 Å². The number of pyridine rings is 1. The second kappa shape index (κ2) is 10.1. The molecule has 0 bridgehead atoms. The van der Waals surface area contributed by atoms with Gasteiger partial charge in [0.05, 0.1) is 24.5 Å². The van der Waals surface area contributed by atoms with Gasteiger partial charge in [-0.2, -0.15) is 13.2 Å². The van der Waals surface area contributed by atoms with E-state index < -0.39 is 23.3 Å². The fourth-order valence-corrected chi connectivity index (χ4v) is 6.17. The van der Waals surface area contributed by atoms with E-state index in [1.54, 1.807) is 17.5 Å². The predicted octanol–water partition coefficient (Wildman–Crippen LogP) is 5.74. The zero-order valence-electron chi connectivity index (χ0n) is 20.4. The third-order valence-corrected chi connectivity index (χ3v) is 8.30. The van der Waals surface area contributed by atoms with Crippen molar-refractivity contribution in [2.45, 2.75) is 18.5 Å². The second-order valence-corrected chi connectivity index (χ2v) is 10.7. The summed E-state index contributed by atoms with van der Waals surface area (Å²) in [7, 11) is 0. The van der Waals surface area contributed by atoms with Crippen LogP contribution in [0.1, 0.15) is 34.0 Å². The Hall–Kier alpha value is -3.22. The summed E-state index contributed by atoms with van der Waals surface area (Å²) in [4.78, 5) is 25.5. The summed E-state index contributed by atoms with van der Waals surface area (Å²) in [6, 6.07) is 7.16. The maximum Gasteiger partial charge on any atom is 0.420 e.